The van der Waals surface area contributed by atoms with Crippen LogP contribution in [0.4, 0.5) is 0 Å². The van der Waals surface area contributed by atoms with Crippen LogP contribution in [0.5, 0.6) is 11.5 Å². The van der Waals surface area contributed by atoms with Crippen molar-refractivity contribution < 1.29 is 14.3 Å². The number of nitriles is 1. The van der Waals surface area contributed by atoms with Crippen LogP contribution in [0.25, 0.3) is 0 Å². The first kappa shape index (κ1) is 16.6. The number of hydrogen-bond acceptors (Lipinski definition) is 5. The highest BCUT2D eigenvalue weighted by molar-refractivity contribution is 5.78. The average Bonchev–Trinajstić information content (AvgIpc) is 3.07. The lowest BCUT2D eigenvalue weighted by atomic mass is 10.0. The SMILES string of the molecule is CN(CCC#N)C(=O)CN1CCCC1c1ccc2c(c1)OCCO2. The number of fused-ring (bicyclic) bond motifs is 1. The maximum Gasteiger partial charge on any atom is 0.236 e. The smallest absolute Gasteiger partial charge is 0.236 e. The van der Waals surface area contributed by atoms with Crippen molar-refractivity contribution in [2.45, 2.75) is 25.3 Å². The van der Waals surface area contributed by atoms with E-state index in [2.05, 4.69) is 17.0 Å². The summed E-state index contributed by atoms with van der Waals surface area (Å²) >= 11 is 0. The molecule has 1 aromatic rings. The predicted molar refractivity (Wildman–Crippen MR) is 88.8 cm³/mol. The molecular weight excluding hydrogens is 306 g/mol. The van der Waals surface area contributed by atoms with Crippen molar-refractivity contribution in [2.24, 2.45) is 0 Å². The molecule has 1 unspecified atom stereocenters. The van der Waals surface area contributed by atoms with Crippen LogP contribution in [0.2, 0.25) is 0 Å². The Bertz CT molecular complexity index is 641. The topological polar surface area (TPSA) is 65.8 Å². The van der Waals surface area contributed by atoms with Gasteiger partial charge in [-0.15, -0.1) is 0 Å². The van der Waals surface area contributed by atoms with Crippen molar-refractivity contribution in [1.29, 1.82) is 5.26 Å². The van der Waals surface area contributed by atoms with Crippen molar-refractivity contribution in [3.8, 4) is 17.6 Å². The van der Waals surface area contributed by atoms with E-state index < -0.39 is 0 Å². The molecule has 2 heterocycles. The van der Waals surface area contributed by atoms with Gasteiger partial charge in [0, 0.05) is 19.6 Å². The van der Waals surface area contributed by atoms with Crippen LogP contribution in [0, 0.1) is 11.3 Å². The first-order chi connectivity index (χ1) is 11.7. The van der Waals surface area contributed by atoms with E-state index in [1.165, 1.54) is 5.56 Å². The van der Waals surface area contributed by atoms with Crippen LogP contribution >= 0.6 is 0 Å². The van der Waals surface area contributed by atoms with E-state index in [0.29, 0.717) is 32.7 Å². The summed E-state index contributed by atoms with van der Waals surface area (Å²) in [5.41, 5.74) is 1.17. The number of likely N-dealkylation sites (N-methyl/N-ethyl adjacent to an activating group) is 1. The molecule has 0 bridgehead atoms. The predicted octanol–water partition coefficient (Wildman–Crippen LogP) is 1.97. The average molecular weight is 329 g/mol. The first-order valence-electron chi connectivity index (χ1n) is 8.43. The Labute approximate surface area is 142 Å². The largest absolute Gasteiger partial charge is 0.486 e. The minimum Gasteiger partial charge on any atom is -0.486 e. The summed E-state index contributed by atoms with van der Waals surface area (Å²) in [7, 11) is 1.76. The minimum atomic E-state index is 0.0645. The van der Waals surface area contributed by atoms with Gasteiger partial charge in [0.05, 0.1) is 19.0 Å². The molecule has 0 saturated carbocycles. The van der Waals surface area contributed by atoms with Crippen LogP contribution in [0.3, 0.4) is 0 Å². The van der Waals surface area contributed by atoms with Gasteiger partial charge in [-0.2, -0.15) is 5.26 Å². The minimum absolute atomic E-state index is 0.0645. The standard InChI is InChI=1S/C18H23N3O3/c1-20(8-3-7-19)18(22)13-21-9-2-4-15(21)14-5-6-16-17(12-14)24-11-10-23-16/h5-6,12,15H,2-4,8-11,13H2,1H3. The van der Waals surface area contributed by atoms with E-state index in [9.17, 15) is 4.79 Å². The van der Waals surface area contributed by atoms with Crippen molar-refractivity contribution >= 4 is 5.91 Å². The molecular formula is C18H23N3O3. The van der Waals surface area contributed by atoms with Crippen LogP contribution in [0.15, 0.2) is 18.2 Å². The number of carbonyl (C=O) groups is 1. The van der Waals surface area contributed by atoms with Crippen molar-refractivity contribution in [3.05, 3.63) is 23.8 Å². The number of carbonyl (C=O) groups excluding carboxylic acids is 1. The first-order valence-corrected chi connectivity index (χ1v) is 8.43. The molecule has 1 fully saturated rings. The fourth-order valence-electron chi connectivity index (χ4n) is 3.30. The third-order valence-corrected chi connectivity index (χ3v) is 4.64. The Morgan fingerprint density at radius 2 is 2.17 bits per heavy atom. The molecule has 6 nitrogen and oxygen atoms in total. The number of likely N-dealkylation sites (tertiary alicyclic amines) is 1. The third kappa shape index (κ3) is 3.62. The van der Waals surface area contributed by atoms with Gasteiger partial charge in [-0.25, -0.2) is 0 Å². The van der Waals surface area contributed by atoms with Gasteiger partial charge in [0.15, 0.2) is 11.5 Å². The lowest BCUT2D eigenvalue weighted by Crippen LogP contribution is -2.38. The maximum atomic E-state index is 12.3. The second-order valence-electron chi connectivity index (χ2n) is 6.26. The maximum absolute atomic E-state index is 12.3. The van der Waals surface area contributed by atoms with Gasteiger partial charge in [-0.05, 0) is 37.1 Å². The zero-order valence-electron chi connectivity index (χ0n) is 14.0. The highest BCUT2D eigenvalue weighted by Gasteiger charge is 2.29. The quantitative estimate of drug-likeness (QED) is 0.826. The highest BCUT2D eigenvalue weighted by Crippen LogP contribution is 2.37. The highest BCUT2D eigenvalue weighted by atomic mass is 16.6. The fraction of sp³-hybridized carbons (Fsp3) is 0.556. The van der Waals surface area contributed by atoms with Gasteiger partial charge in [-0.1, -0.05) is 6.07 Å². The molecule has 6 heteroatoms. The molecule has 0 aliphatic carbocycles. The van der Waals surface area contributed by atoms with Crippen molar-refractivity contribution in [1.82, 2.24) is 9.80 Å². The molecule has 1 saturated heterocycles. The second kappa shape index (κ2) is 7.54. The molecule has 128 valence electrons. The molecule has 1 aromatic carbocycles. The Morgan fingerprint density at radius 1 is 1.38 bits per heavy atom. The monoisotopic (exact) mass is 329 g/mol. The number of rotatable bonds is 5. The van der Waals surface area contributed by atoms with Crippen LogP contribution in [0.1, 0.15) is 30.9 Å². The summed E-state index contributed by atoms with van der Waals surface area (Å²) in [5.74, 6) is 1.65. The van der Waals surface area contributed by atoms with Gasteiger partial charge >= 0.3 is 0 Å². The lowest BCUT2D eigenvalue weighted by Gasteiger charge is -2.27. The zero-order chi connectivity index (χ0) is 16.9. The number of benzene rings is 1. The number of ether oxygens (including phenoxy) is 2. The molecule has 0 aromatic heterocycles. The van der Waals surface area contributed by atoms with Gasteiger partial charge in [0.1, 0.15) is 13.2 Å². The van der Waals surface area contributed by atoms with E-state index in [1.807, 2.05) is 12.1 Å². The van der Waals surface area contributed by atoms with Gasteiger partial charge in [0.25, 0.3) is 0 Å². The number of nitrogens with zero attached hydrogens (tertiary/aromatic N) is 3. The van der Waals surface area contributed by atoms with E-state index in [1.54, 1.807) is 11.9 Å². The van der Waals surface area contributed by atoms with Gasteiger partial charge in [-0.3, -0.25) is 9.69 Å². The third-order valence-electron chi connectivity index (χ3n) is 4.64. The summed E-state index contributed by atoms with van der Waals surface area (Å²) in [6, 6.07) is 8.38. The molecule has 2 aliphatic rings. The van der Waals surface area contributed by atoms with Crippen molar-refractivity contribution in [3.63, 3.8) is 0 Å². The van der Waals surface area contributed by atoms with Crippen LogP contribution in [-0.4, -0.2) is 55.6 Å². The zero-order valence-corrected chi connectivity index (χ0v) is 14.0. The Kier molecular flexibility index (Phi) is 5.21. The van der Waals surface area contributed by atoms with Gasteiger partial charge < -0.3 is 14.4 Å². The van der Waals surface area contributed by atoms with Crippen molar-refractivity contribution in [2.75, 3.05) is 39.9 Å². The van der Waals surface area contributed by atoms with Crippen LogP contribution < -0.4 is 9.47 Å². The molecule has 24 heavy (non-hydrogen) atoms. The lowest BCUT2D eigenvalue weighted by molar-refractivity contribution is -0.131. The Balaban J connectivity index is 1.67. The van der Waals surface area contributed by atoms with E-state index in [4.69, 9.17) is 14.7 Å². The normalized spacial score (nSPS) is 19.8. The summed E-state index contributed by atoms with van der Waals surface area (Å²) in [4.78, 5) is 16.2. The summed E-state index contributed by atoms with van der Waals surface area (Å²) in [6.07, 6.45) is 2.48. The molecule has 0 radical (unpaired) electrons. The summed E-state index contributed by atoms with van der Waals surface area (Å²) in [5, 5.41) is 8.65. The second-order valence-corrected chi connectivity index (χ2v) is 6.26. The Morgan fingerprint density at radius 3 is 2.96 bits per heavy atom. The number of amides is 1. The number of hydrogen-bond donors (Lipinski definition) is 0. The molecule has 2 aliphatic heterocycles. The van der Waals surface area contributed by atoms with Gasteiger partial charge in [0.2, 0.25) is 5.91 Å². The molecule has 1 atom stereocenters. The van der Waals surface area contributed by atoms with E-state index >= 15 is 0 Å². The summed E-state index contributed by atoms with van der Waals surface area (Å²) < 4.78 is 11.2. The molecule has 0 spiro atoms. The molecule has 0 N–H and O–H groups in total. The Hall–Kier alpha value is -2.26. The fourth-order valence-corrected chi connectivity index (χ4v) is 3.30. The molecule has 3 rings (SSSR count). The molecule has 1 amide bonds. The summed E-state index contributed by atoms with van der Waals surface area (Å²) in [6.45, 7) is 2.95. The van der Waals surface area contributed by atoms with E-state index in [0.717, 1.165) is 30.9 Å². The van der Waals surface area contributed by atoms with Crippen LogP contribution in [-0.2, 0) is 4.79 Å². The van der Waals surface area contributed by atoms with E-state index in [-0.39, 0.29) is 11.9 Å².